The van der Waals surface area contributed by atoms with E-state index in [1.807, 2.05) is 91.0 Å². The minimum Gasteiger partial charge on any atom is -0.338 e. The first-order valence-corrected chi connectivity index (χ1v) is 10.2. The third-order valence-electron chi connectivity index (χ3n) is 5.12. The number of hydrogen-bond donors (Lipinski definition) is 1. The molecule has 3 rings (SSSR count). The van der Waals surface area contributed by atoms with Gasteiger partial charge in [0.15, 0.2) is 5.78 Å². The molecular weight excluding hydrogens is 382 g/mol. The number of rotatable bonds is 8. The molecule has 0 spiro atoms. The molecule has 4 heteroatoms. The van der Waals surface area contributed by atoms with Gasteiger partial charge >= 0.3 is 0 Å². The molecule has 0 radical (unpaired) electrons. The van der Waals surface area contributed by atoms with Crippen molar-refractivity contribution in [2.24, 2.45) is 5.92 Å². The molecule has 1 amide bonds. The quantitative estimate of drug-likeness (QED) is 0.426. The lowest BCUT2D eigenvalue weighted by Gasteiger charge is -2.37. The summed E-state index contributed by atoms with van der Waals surface area (Å²) in [7, 11) is 0. The number of carbonyl (C=O) groups excluding carboxylic acids is 2. The Bertz CT molecular complexity index is 846. The van der Waals surface area contributed by atoms with Crippen LogP contribution in [0.2, 0.25) is 0 Å². The van der Waals surface area contributed by atoms with E-state index in [1.54, 1.807) is 6.92 Å². The van der Waals surface area contributed by atoms with Crippen molar-refractivity contribution < 1.29 is 9.59 Å². The van der Waals surface area contributed by atoms with Crippen molar-refractivity contribution in [3.8, 4) is 0 Å². The molecule has 0 fully saturated rings. The third-order valence-corrected chi connectivity index (χ3v) is 5.38. The lowest BCUT2D eigenvalue weighted by molar-refractivity contribution is -0.128. The van der Waals surface area contributed by atoms with Gasteiger partial charge in [-0.15, -0.1) is 11.6 Å². The number of Topliss-reactive ketones (excluding diaryl/α,β-unsaturated/α-hetero) is 1. The first-order valence-electron chi connectivity index (χ1n) is 9.64. The summed E-state index contributed by atoms with van der Waals surface area (Å²) < 4.78 is 0. The SMILES string of the molecule is C[C@H](CC(=O)NC(c1ccccc1)(c1ccccc1)c1ccccc1)C(=O)CCl. The molecule has 0 bridgehead atoms. The van der Waals surface area contributed by atoms with Gasteiger partial charge in [0, 0.05) is 12.3 Å². The summed E-state index contributed by atoms with van der Waals surface area (Å²) in [4.78, 5) is 25.0. The van der Waals surface area contributed by atoms with Crippen molar-refractivity contribution in [2.75, 3.05) is 5.88 Å². The summed E-state index contributed by atoms with van der Waals surface area (Å²) in [5.74, 6) is -0.859. The van der Waals surface area contributed by atoms with E-state index in [4.69, 9.17) is 11.6 Å². The molecule has 3 nitrogen and oxygen atoms in total. The highest BCUT2D eigenvalue weighted by molar-refractivity contribution is 6.28. The normalized spacial score (nSPS) is 12.2. The predicted octanol–water partition coefficient (Wildman–Crippen LogP) is 4.93. The second-order valence-electron chi connectivity index (χ2n) is 7.10. The van der Waals surface area contributed by atoms with Crippen LogP contribution in [-0.2, 0) is 15.1 Å². The number of hydrogen-bond acceptors (Lipinski definition) is 2. The first kappa shape index (κ1) is 20.8. The monoisotopic (exact) mass is 405 g/mol. The largest absolute Gasteiger partial charge is 0.338 e. The molecular formula is C25H24ClNO2. The van der Waals surface area contributed by atoms with Gasteiger partial charge in [-0.2, -0.15) is 0 Å². The Hall–Kier alpha value is -2.91. The maximum absolute atomic E-state index is 13.1. The summed E-state index contributed by atoms with van der Waals surface area (Å²) in [6, 6.07) is 29.7. The zero-order valence-electron chi connectivity index (χ0n) is 16.3. The van der Waals surface area contributed by atoms with Crippen LogP contribution in [0.5, 0.6) is 0 Å². The van der Waals surface area contributed by atoms with Gasteiger partial charge in [-0.1, -0.05) is 97.9 Å². The molecule has 1 atom stereocenters. The van der Waals surface area contributed by atoms with Gasteiger partial charge < -0.3 is 5.32 Å². The number of benzene rings is 3. The molecule has 0 saturated heterocycles. The molecule has 29 heavy (non-hydrogen) atoms. The maximum Gasteiger partial charge on any atom is 0.221 e. The van der Waals surface area contributed by atoms with Gasteiger partial charge in [0.2, 0.25) is 5.91 Å². The van der Waals surface area contributed by atoms with E-state index >= 15 is 0 Å². The molecule has 0 aliphatic rings. The fourth-order valence-electron chi connectivity index (χ4n) is 3.56. The average molecular weight is 406 g/mol. The Labute approximate surface area is 176 Å². The molecule has 0 heterocycles. The third kappa shape index (κ3) is 4.57. The topological polar surface area (TPSA) is 46.2 Å². The van der Waals surface area contributed by atoms with E-state index in [0.717, 1.165) is 16.7 Å². The lowest BCUT2D eigenvalue weighted by Crippen LogP contribution is -2.48. The summed E-state index contributed by atoms with van der Waals surface area (Å²) >= 11 is 5.67. The summed E-state index contributed by atoms with van der Waals surface area (Å²) in [6.45, 7) is 1.74. The second kappa shape index (κ2) is 9.53. The lowest BCUT2D eigenvalue weighted by atomic mass is 9.76. The van der Waals surface area contributed by atoms with Crippen molar-refractivity contribution in [1.82, 2.24) is 5.32 Å². The molecule has 0 aliphatic carbocycles. The van der Waals surface area contributed by atoms with Crippen molar-refractivity contribution in [1.29, 1.82) is 0 Å². The van der Waals surface area contributed by atoms with Gasteiger partial charge in [0.1, 0.15) is 5.54 Å². The van der Waals surface area contributed by atoms with E-state index in [2.05, 4.69) is 5.32 Å². The van der Waals surface area contributed by atoms with Crippen LogP contribution in [0.25, 0.3) is 0 Å². The standard InChI is InChI=1S/C25H24ClNO2/c1-19(23(28)18-26)17-24(29)27-25(20-11-5-2-6-12-20,21-13-7-3-8-14-21)22-15-9-4-10-16-22/h2-16,19H,17-18H2,1H3,(H,27,29)/t19-/m1/s1. The number of amides is 1. The van der Waals surface area contributed by atoms with Crippen LogP contribution in [0.1, 0.15) is 30.0 Å². The van der Waals surface area contributed by atoms with E-state index in [-0.39, 0.29) is 24.0 Å². The molecule has 0 aromatic heterocycles. The summed E-state index contributed by atoms with van der Waals surface area (Å²) in [5.41, 5.74) is 1.97. The highest BCUT2D eigenvalue weighted by Gasteiger charge is 2.38. The highest BCUT2D eigenvalue weighted by atomic mass is 35.5. The molecule has 0 saturated carbocycles. The summed E-state index contributed by atoms with van der Waals surface area (Å²) in [6.07, 6.45) is 0.0831. The van der Waals surface area contributed by atoms with Crippen LogP contribution < -0.4 is 5.32 Å². The predicted molar refractivity (Wildman–Crippen MR) is 117 cm³/mol. The van der Waals surface area contributed by atoms with Crippen molar-refractivity contribution >= 4 is 23.3 Å². The average Bonchev–Trinajstić information content (AvgIpc) is 2.78. The Morgan fingerprint density at radius 2 is 1.17 bits per heavy atom. The molecule has 0 unspecified atom stereocenters. The van der Waals surface area contributed by atoms with Gasteiger partial charge in [0.25, 0.3) is 0 Å². The Morgan fingerprint density at radius 1 is 0.793 bits per heavy atom. The number of alkyl halides is 1. The Balaban J connectivity index is 2.12. The minimum absolute atomic E-state index is 0.0831. The van der Waals surface area contributed by atoms with Crippen LogP contribution in [0.15, 0.2) is 91.0 Å². The smallest absolute Gasteiger partial charge is 0.221 e. The van der Waals surface area contributed by atoms with Gasteiger partial charge in [-0.05, 0) is 16.7 Å². The maximum atomic E-state index is 13.1. The number of nitrogens with one attached hydrogen (secondary N) is 1. The van der Waals surface area contributed by atoms with E-state index < -0.39 is 11.5 Å². The van der Waals surface area contributed by atoms with Gasteiger partial charge in [-0.3, -0.25) is 9.59 Å². The Morgan fingerprint density at radius 3 is 1.52 bits per heavy atom. The van der Waals surface area contributed by atoms with Crippen molar-refractivity contribution in [3.63, 3.8) is 0 Å². The first-order chi connectivity index (χ1) is 14.1. The highest BCUT2D eigenvalue weighted by Crippen LogP contribution is 2.37. The van der Waals surface area contributed by atoms with Crippen LogP contribution in [0.3, 0.4) is 0 Å². The minimum atomic E-state index is -0.870. The van der Waals surface area contributed by atoms with Crippen LogP contribution in [0, 0.1) is 5.92 Å². The van der Waals surface area contributed by atoms with Gasteiger partial charge in [-0.25, -0.2) is 0 Å². The molecule has 0 aliphatic heterocycles. The molecule has 3 aromatic carbocycles. The van der Waals surface area contributed by atoms with Crippen LogP contribution in [0.4, 0.5) is 0 Å². The number of halogens is 1. The number of carbonyl (C=O) groups is 2. The zero-order valence-corrected chi connectivity index (χ0v) is 17.1. The number of ketones is 1. The Kier molecular flexibility index (Phi) is 6.84. The molecule has 1 N–H and O–H groups in total. The second-order valence-corrected chi connectivity index (χ2v) is 7.37. The van der Waals surface area contributed by atoms with Gasteiger partial charge in [0.05, 0.1) is 5.88 Å². The molecule has 3 aromatic rings. The van der Waals surface area contributed by atoms with E-state index in [0.29, 0.717) is 0 Å². The fraction of sp³-hybridized carbons (Fsp3) is 0.200. The molecule has 148 valence electrons. The zero-order chi connectivity index (χ0) is 20.7. The van der Waals surface area contributed by atoms with Crippen LogP contribution >= 0.6 is 11.6 Å². The van der Waals surface area contributed by atoms with E-state index in [1.165, 1.54) is 0 Å². The van der Waals surface area contributed by atoms with E-state index in [9.17, 15) is 9.59 Å². The van der Waals surface area contributed by atoms with Crippen LogP contribution in [-0.4, -0.2) is 17.6 Å². The van der Waals surface area contributed by atoms with Crippen molar-refractivity contribution in [2.45, 2.75) is 18.9 Å². The van der Waals surface area contributed by atoms with Crippen molar-refractivity contribution in [3.05, 3.63) is 108 Å². The summed E-state index contributed by atoms with van der Waals surface area (Å²) in [5, 5.41) is 3.26. The fourth-order valence-corrected chi connectivity index (χ4v) is 3.83.